The molecule has 0 saturated heterocycles. The molecule has 1 aromatic heterocycles. The van der Waals surface area contributed by atoms with Crippen molar-refractivity contribution in [2.75, 3.05) is 19.0 Å². The number of hydrogen-bond acceptors (Lipinski definition) is 5. The molecule has 2 N–H and O–H groups in total. The van der Waals surface area contributed by atoms with Crippen LogP contribution in [0.3, 0.4) is 0 Å². The summed E-state index contributed by atoms with van der Waals surface area (Å²) < 4.78 is 5.20. The van der Waals surface area contributed by atoms with E-state index >= 15 is 0 Å². The van der Waals surface area contributed by atoms with Crippen LogP contribution in [0.15, 0.2) is 6.07 Å². The Labute approximate surface area is 127 Å². The number of methoxy groups -OCH3 is 1. The van der Waals surface area contributed by atoms with E-state index in [9.17, 15) is 5.11 Å². The van der Waals surface area contributed by atoms with Gasteiger partial charge in [0.2, 0.25) is 0 Å². The van der Waals surface area contributed by atoms with Crippen molar-refractivity contribution in [2.24, 2.45) is 0 Å². The van der Waals surface area contributed by atoms with E-state index < -0.39 is 0 Å². The molecule has 1 aliphatic carbocycles. The summed E-state index contributed by atoms with van der Waals surface area (Å²) >= 11 is 0. The van der Waals surface area contributed by atoms with Crippen LogP contribution in [-0.4, -0.2) is 34.3 Å². The zero-order chi connectivity index (χ0) is 15.5. The summed E-state index contributed by atoms with van der Waals surface area (Å²) in [6.45, 7) is 6.90. The highest BCUT2D eigenvalue weighted by molar-refractivity contribution is 5.40. The van der Waals surface area contributed by atoms with Gasteiger partial charge in [-0.2, -0.15) is 0 Å². The lowest BCUT2D eigenvalue weighted by Gasteiger charge is -2.29. The maximum atomic E-state index is 9.75. The van der Waals surface area contributed by atoms with Gasteiger partial charge in [0, 0.05) is 18.6 Å². The molecule has 5 heteroatoms. The van der Waals surface area contributed by atoms with Gasteiger partial charge in [-0.3, -0.25) is 0 Å². The van der Waals surface area contributed by atoms with E-state index in [1.54, 1.807) is 7.11 Å². The van der Waals surface area contributed by atoms with Crippen LogP contribution in [0.4, 0.5) is 5.82 Å². The summed E-state index contributed by atoms with van der Waals surface area (Å²) in [5.41, 5.74) is 0.516. The van der Waals surface area contributed by atoms with Crippen LogP contribution in [0.25, 0.3) is 0 Å². The van der Waals surface area contributed by atoms with Crippen LogP contribution in [0.2, 0.25) is 0 Å². The third-order valence-corrected chi connectivity index (χ3v) is 4.00. The fraction of sp³-hybridized carbons (Fsp3) is 0.750. The summed E-state index contributed by atoms with van der Waals surface area (Å²) in [6.07, 6.45) is 4.27. The maximum absolute atomic E-state index is 9.75. The summed E-state index contributed by atoms with van der Waals surface area (Å²) in [6, 6.07) is 1.93. The molecule has 0 radical (unpaired) electrons. The lowest BCUT2D eigenvalue weighted by molar-refractivity contribution is 0.181. The monoisotopic (exact) mass is 293 g/mol. The van der Waals surface area contributed by atoms with Gasteiger partial charge >= 0.3 is 0 Å². The molecule has 1 aliphatic rings. The minimum atomic E-state index is -0.228. The summed E-state index contributed by atoms with van der Waals surface area (Å²) in [5, 5.41) is 13.2. The highest BCUT2D eigenvalue weighted by Crippen LogP contribution is 2.33. The first-order valence-electron chi connectivity index (χ1n) is 7.65. The van der Waals surface area contributed by atoms with Crippen molar-refractivity contribution in [1.29, 1.82) is 0 Å². The van der Waals surface area contributed by atoms with E-state index in [1.807, 2.05) is 6.07 Å². The van der Waals surface area contributed by atoms with Gasteiger partial charge in [0.05, 0.1) is 24.4 Å². The SMILES string of the molecule is COCc1cc(NC2(CO)CCCC2)nc(C(C)(C)C)n1. The Hall–Kier alpha value is -1.20. The Morgan fingerprint density at radius 2 is 1.95 bits per heavy atom. The van der Waals surface area contributed by atoms with Gasteiger partial charge in [0.15, 0.2) is 0 Å². The van der Waals surface area contributed by atoms with Gasteiger partial charge in [-0.25, -0.2) is 9.97 Å². The summed E-state index contributed by atoms with van der Waals surface area (Å²) in [7, 11) is 1.66. The van der Waals surface area contributed by atoms with E-state index in [0.29, 0.717) is 6.61 Å². The molecule has 0 amide bonds. The van der Waals surface area contributed by atoms with Crippen molar-refractivity contribution in [3.8, 4) is 0 Å². The van der Waals surface area contributed by atoms with Gasteiger partial charge in [0.1, 0.15) is 11.6 Å². The van der Waals surface area contributed by atoms with Crippen LogP contribution in [0, 0.1) is 0 Å². The Kier molecular flexibility index (Phi) is 4.84. The van der Waals surface area contributed by atoms with Gasteiger partial charge in [0.25, 0.3) is 0 Å². The smallest absolute Gasteiger partial charge is 0.136 e. The molecule has 21 heavy (non-hydrogen) atoms. The minimum absolute atomic E-state index is 0.123. The number of aliphatic hydroxyl groups excluding tert-OH is 1. The molecule has 0 bridgehead atoms. The number of aliphatic hydroxyl groups is 1. The number of hydrogen-bond donors (Lipinski definition) is 2. The number of aromatic nitrogens is 2. The van der Waals surface area contributed by atoms with Crippen LogP contribution in [0.1, 0.15) is 58.0 Å². The summed E-state index contributed by atoms with van der Waals surface area (Å²) in [5.74, 6) is 1.59. The fourth-order valence-corrected chi connectivity index (χ4v) is 2.76. The molecule has 1 heterocycles. The van der Waals surface area contributed by atoms with Crippen molar-refractivity contribution in [3.63, 3.8) is 0 Å². The Bertz CT molecular complexity index is 477. The third kappa shape index (κ3) is 3.92. The van der Waals surface area contributed by atoms with Crippen LogP contribution < -0.4 is 5.32 Å². The predicted molar refractivity (Wildman–Crippen MR) is 83.4 cm³/mol. The lowest BCUT2D eigenvalue weighted by Crippen LogP contribution is -2.39. The van der Waals surface area contributed by atoms with Crippen LogP contribution in [0.5, 0.6) is 0 Å². The Morgan fingerprint density at radius 1 is 1.29 bits per heavy atom. The molecule has 0 atom stereocenters. The van der Waals surface area contributed by atoms with Crippen molar-refractivity contribution in [1.82, 2.24) is 9.97 Å². The number of ether oxygens (including phenoxy) is 1. The molecule has 0 aliphatic heterocycles. The van der Waals surface area contributed by atoms with Crippen molar-refractivity contribution in [3.05, 3.63) is 17.6 Å². The molecule has 0 aromatic carbocycles. The van der Waals surface area contributed by atoms with E-state index in [4.69, 9.17) is 4.74 Å². The van der Waals surface area contributed by atoms with Crippen molar-refractivity contribution < 1.29 is 9.84 Å². The molecule has 1 saturated carbocycles. The second kappa shape index (κ2) is 6.28. The molecule has 118 valence electrons. The fourth-order valence-electron chi connectivity index (χ4n) is 2.76. The largest absolute Gasteiger partial charge is 0.394 e. The molecule has 0 spiro atoms. The molecule has 5 nitrogen and oxygen atoms in total. The minimum Gasteiger partial charge on any atom is -0.394 e. The standard InChI is InChI=1S/C16H27N3O2/c1-15(2,3)14-17-12(10-21-4)9-13(18-14)19-16(11-20)7-5-6-8-16/h9,20H,5-8,10-11H2,1-4H3,(H,17,18,19). The first kappa shape index (κ1) is 16.2. The normalized spacial score (nSPS) is 18.0. The molecule has 1 aromatic rings. The maximum Gasteiger partial charge on any atom is 0.136 e. The molecular weight excluding hydrogens is 266 g/mol. The second-order valence-corrected chi connectivity index (χ2v) is 7.02. The quantitative estimate of drug-likeness (QED) is 0.873. The van der Waals surface area contributed by atoms with Crippen LogP contribution >= 0.6 is 0 Å². The third-order valence-electron chi connectivity index (χ3n) is 4.00. The predicted octanol–water partition coefficient (Wildman–Crippen LogP) is 2.64. The summed E-state index contributed by atoms with van der Waals surface area (Å²) in [4.78, 5) is 9.23. The Balaban J connectivity index is 2.31. The highest BCUT2D eigenvalue weighted by Gasteiger charge is 2.33. The topological polar surface area (TPSA) is 67.3 Å². The average molecular weight is 293 g/mol. The molecule has 2 rings (SSSR count). The average Bonchev–Trinajstić information content (AvgIpc) is 2.87. The van der Waals surface area contributed by atoms with Gasteiger partial charge in [-0.15, -0.1) is 0 Å². The number of rotatable bonds is 5. The second-order valence-electron chi connectivity index (χ2n) is 7.02. The van der Waals surface area contributed by atoms with Crippen molar-refractivity contribution >= 4 is 5.82 Å². The highest BCUT2D eigenvalue weighted by atomic mass is 16.5. The first-order chi connectivity index (χ1) is 9.88. The lowest BCUT2D eigenvalue weighted by atomic mass is 9.95. The zero-order valence-corrected chi connectivity index (χ0v) is 13.6. The van der Waals surface area contributed by atoms with E-state index in [0.717, 1.165) is 43.0 Å². The first-order valence-corrected chi connectivity index (χ1v) is 7.65. The molecule has 1 fully saturated rings. The number of anilines is 1. The van der Waals surface area contributed by atoms with Gasteiger partial charge < -0.3 is 15.2 Å². The number of nitrogens with zero attached hydrogens (tertiary/aromatic N) is 2. The number of nitrogens with one attached hydrogen (secondary N) is 1. The van der Waals surface area contributed by atoms with E-state index in [-0.39, 0.29) is 17.6 Å². The van der Waals surface area contributed by atoms with Gasteiger partial charge in [-0.05, 0) is 12.8 Å². The van der Waals surface area contributed by atoms with E-state index in [1.165, 1.54) is 0 Å². The molecular formula is C16H27N3O2. The van der Waals surface area contributed by atoms with Crippen LogP contribution in [-0.2, 0) is 16.8 Å². The van der Waals surface area contributed by atoms with Crippen molar-refractivity contribution in [2.45, 2.75) is 64.0 Å². The zero-order valence-electron chi connectivity index (χ0n) is 13.6. The molecule has 0 unspecified atom stereocenters. The Morgan fingerprint density at radius 3 is 2.48 bits per heavy atom. The van der Waals surface area contributed by atoms with Gasteiger partial charge in [-0.1, -0.05) is 33.6 Å². The van der Waals surface area contributed by atoms with E-state index in [2.05, 4.69) is 36.1 Å².